The predicted molar refractivity (Wildman–Crippen MR) is 95.1 cm³/mol. The van der Waals surface area contributed by atoms with Crippen molar-refractivity contribution >= 4 is 23.2 Å². The third kappa shape index (κ3) is 4.71. The highest BCUT2D eigenvalue weighted by atomic mass is 16.5. The summed E-state index contributed by atoms with van der Waals surface area (Å²) in [6, 6.07) is 5.18. The number of carbonyl (C=O) groups is 2. The molecule has 24 heavy (non-hydrogen) atoms. The van der Waals surface area contributed by atoms with Crippen molar-refractivity contribution in [3.05, 3.63) is 18.2 Å². The molecule has 0 unspecified atom stereocenters. The zero-order valence-corrected chi connectivity index (χ0v) is 14.5. The fraction of sp³-hybridized carbons (Fsp3) is 0.556. The van der Waals surface area contributed by atoms with Gasteiger partial charge in [0.15, 0.2) is 0 Å². The number of carbonyl (C=O) groups excluding carboxylic acids is 2. The van der Waals surface area contributed by atoms with Crippen LogP contribution in [0.5, 0.6) is 5.75 Å². The van der Waals surface area contributed by atoms with Crippen LogP contribution in [0, 0.1) is 5.41 Å². The predicted octanol–water partition coefficient (Wildman–Crippen LogP) is 2.89. The molecule has 2 amide bonds. The van der Waals surface area contributed by atoms with Crippen molar-refractivity contribution < 1.29 is 14.3 Å². The molecular formula is C18H27N3O3. The molecule has 0 atom stereocenters. The summed E-state index contributed by atoms with van der Waals surface area (Å²) in [6.07, 6.45) is 5.99. The average molecular weight is 333 g/mol. The van der Waals surface area contributed by atoms with Crippen LogP contribution >= 0.6 is 0 Å². The molecule has 6 nitrogen and oxygen atoms in total. The maximum Gasteiger partial charge on any atom is 0.224 e. The minimum Gasteiger partial charge on any atom is -0.494 e. The van der Waals surface area contributed by atoms with E-state index in [-0.39, 0.29) is 17.2 Å². The molecule has 6 heteroatoms. The summed E-state index contributed by atoms with van der Waals surface area (Å²) in [5, 5.41) is 5.61. The molecule has 0 bridgehead atoms. The Morgan fingerprint density at radius 3 is 2.50 bits per heavy atom. The first-order valence-corrected chi connectivity index (χ1v) is 8.43. The Balaban J connectivity index is 2.04. The third-order valence-electron chi connectivity index (χ3n) is 4.68. The summed E-state index contributed by atoms with van der Waals surface area (Å²) < 4.78 is 5.27. The van der Waals surface area contributed by atoms with E-state index < -0.39 is 0 Å². The molecule has 2 rings (SSSR count). The monoisotopic (exact) mass is 333 g/mol. The molecule has 0 saturated heterocycles. The van der Waals surface area contributed by atoms with Gasteiger partial charge in [0.05, 0.1) is 12.8 Å². The second-order valence-corrected chi connectivity index (χ2v) is 6.59. The summed E-state index contributed by atoms with van der Waals surface area (Å²) in [5.41, 5.74) is 7.11. The maximum absolute atomic E-state index is 12.4. The van der Waals surface area contributed by atoms with Gasteiger partial charge in [-0.2, -0.15) is 0 Å². The molecule has 0 radical (unpaired) electrons. The Morgan fingerprint density at radius 1 is 1.21 bits per heavy atom. The zero-order valence-electron chi connectivity index (χ0n) is 14.5. The van der Waals surface area contributed by atoms with Gasteiger partial charge in [-0.3, -0.25) is 9.59 Å². The highest BCUT2D eigenvalue weighted by molar-refractivity contribution is 5.94. The Morgan fingerprint density at radius 2 is 1.92 bits per heavy atom. The van der Waals surface area contributed by atoms with Crippen LogP contribution in [-0.2, 0) is 9.59 Å². The SMILES string of the molecule is COc1cc(NC(=O)CC2(CN)CCCCC2)ccc1NC(C)=O. The molecule has 0 aliphatic heterocycles. The number of nitrogens with one attached hydrogen (secondary N) is 2. The molecule has 1 aromatic carbocycles. The van der Waals surface area contributed by atoms with Gasteiger partial charge in [0.1, 0.15) is 5.75 Å². The van der Waals surface area contributed by atoms with Gasteiger partial charge in [0.2, 0.25) is 11.8 Å². The molecular weight excluding hydrogens is 306 g/mol. The molecule has 0 spiro atoms. The molecule has 0 heterocycles. The molecule has 0 aromatic heterocycles. The number of nitrogens with two attached hydrogens (primary N) is 1. The Kier molecular flexibility index (Phi) is 6.20. The van der Waals surface area contributed by atoms with Gasteiger partial charge in [-0.1, -0.05) is 19.3 Å². The van der Waals surface area contributed by atoms with Crippen LogP contribution in [0.15, 0.2) is 18.2 Å². The Bertz CT molecular complexity index is 595. The fourth-order valence-electron chi connectivity index (χ4n) is 3.36. The van der Waals surface area contributed by atoms with Crippen LogP contribution in [0.4, 0.5) is 11.4 Å². The van der Waals surface area contributed by atoms with Crippen LogP contribution in [0.2, 0.25) is 0 Å². The second-order valence-electron chi connectivity index (χ2n) is 6.59. The average Bonchev–Trinajstić information content (AvgIpc) is 2.56. The second kappa shape index (κ2) is 8.15. The largest absolute Gasteiger partial charge is 0.494 e. The van der Waals surface area contributed by atoms with E-state index >= 15 is 0 Å². The summed E-state index contributed by atoms with van der Waals surface area (Å²) in [5.74, 6) is 0.304. The van der Waals surface area contributed by atoms with Crippen LogP contribution < -0.4 is 21.1 Å². The first-order valence-electron chi connectivity index (χ1n) is 8.43. The van der Waals surface area contributed by atoms with Crippen LogP contribution in [0.3, 0.4) is 0 Å². The highest BCUT2D eigenvalue weighted by Gasteiger charge is 2.32. The van der Waals surface area contributed by atoms with E-state index in [9.17, 15) is 9.59 Å². The van der Waals surface area contributed by atoms with Gasteiger partial charge in [0.25, 0.3) is 0 Å². The number of amides is 2. The van der Waals surface area contributed by atoms with E-state index in [0.717, 1.165) is 25.7 Å². The van der Waals surface area contributed by atoms with Gasteiger partial charge >= 0.3 is 0 Å². The lowest BCUT2D eigenvalue weighted by molar-refractivity contribution is -0.119. The first-order chi connectivity index (χ1) is 11.5. The molecule has 1 aliphatic carbocycles. The standard InChI is InChI=1S/C18H27N3O3/c1-13(22)20-15-7-6-14(10-16(15)24-2)21-17(23)11-18(12-19)8-4-3-5-9-18/h6-7,10H,3-5,8-9,11-12,19H2,1-2H3,(H,20,22)(H,21,23). The first kappa shape index (κ1) is 18.3. The zero-order chi connectivity index (χ0) is 17.6. The van der Waals surface area contributed by atoms with Crippen LogP contribution in [-0.4, -0.2) is 25.5 Å². The van der Waals surface area contributed by atoms with E-state index in [0.29, 0.717) is 30.1 Å². The molecule has 1 saturated carbocycles. The summed E-state index contributed by atoms with van der Waals surface area (Å²) in [6.45, 7) is 1.98. The topological polar surface area (TPSA) is 93.4 Å². The lowest BCUT2D eigenvalue weighted by Crippen LogP contribution is -2.36. The van der Waals surface area contributed by atoms with Crippen molar-refractivity contribution in [3.63, 3.8) is 0 Å². The molecule has 132 valence electrons. The fourth-order valence-corrected chi connectivity index (χ4v) is 3.36. The third-order valence-corrected chi connectivity index (χ3v) is 4.68. The number of anilines is 2. The quantitative estimate of drug-likeness (QED) is 0.746. The number of ether oxygens (including phenoxy) is 1. The molecule has 1 aliphatic rings. The van der Waals surface area contributed by atoms with E-state index in [4.69, 9.17) is 10.5 Å². The lowest BCUT2D eigenvalue weighted by Gasteiger charge is -2.35. The van der Waals surface area contributed by atoms with Gasteiger partial charge in [-0.15, -0.1) is 0 Å². The normalized spacial score (nSPS) is 16.3. The van der Waals surface area contributed by atoms with E-state index in [1.807, 2.05) is 0 Å². The van der Waals surface area contributed by atoms with Crippen LogP contribution in [0.1, 0.15) is 45.4 Å². The number of benzene rings is 1. The van der Waals surface area contributed by atoms with Crippen LogP contribution in [0.25, 0.3) is 0 Å². The van der Waals surface area contributed by atoms with Crippen molar-refractivity contribution in [2.75, 3.05) is 24.3 Å². The maximum atomic E-state index is 12.4. The Hall–Kier alpha value is -2.08. The summed E-state index contributed by atoms with van der Waals surface area (Å²) in [7, 11) is 1.53. The van der Waals surface area contributed by atoms with Crippen molar-refractivity contribution in [2.24, 2.45) is 11.1 Å². The van der Waals surface area contributed by atoms with Crippen molar-refractivity contribution in [2.45, 2.75) is 45.4 Å². The number of hydrogen-bond acceptors (Lipinski definition) is 4. The minimum absolute atomic E-state index is 0.0309. The van der Waals surface area contributed by atoms with E-state index in [1.165, 1.54) is 20.5 Å². The molecule has 1 aromatic rings. The molecule has 1 fully saturated rings. The van der Waals surface area contributed by atoms with Crippen molar-refractivity contribution in [1.82, 2.24) is 0 Å². The van der Waals surface area contributed by atoms with Gasteiger partial charge in [0, 0.05) is 25.1 Å². The van der Waals surface area contributed by atoms with Crippen molar-refractivity contribution in [3.8, 4) is 5.75 Å². The van der Waals surface area contributed by atoms with E-state index in [1.54, 1.807) is 18.2 Å². The van der Waals surface area contributed by atoms with Gasteiger partial charge in [-0.05, 0) is 36.9 Å². The summed E-state index contributed by atoms with van der Waals surface area (Å²) >= 11 is 0. The highest BCUT2D eigenvalue weighted by Crippen LogP contribution is 2.38. The molecule has 4 N–H and O–H groups in total. The number of methoxy groups -OCH3 is 1. The van der Waals surface area contributed by atoms with Gasteiger partial charge in [-0.25, -0.2) is 0 Å². The van der Waals surface area contributed by atoms with Gasteiger partial charge < -0.3 is 21.1 Å². The minimum atomic E-state index is -0.174. The van der Waals surface area contributed by atoms with E-state index in [2.05, 4.69) is 10.6 Å². The Labute approximate surface area is 143 Å². The number of rotatable bonds is 6. The van der Waals surface area contributed by atoms with Crippen molar-refractivity contribution in [1.29, 1.82) is 0 Å². The summed E-state index contributed by atoms with van der Waals surface area (Å²) in [4.78, 5) is 23.6. The number of hydrogen-bond donors (Lipinski definition) is 3. The smallest absolute Gasteiger partial charge is 0.224 e. The lowest BCUT2D eigenvalue weighted by atomic mass is 9.71.